The molecule has 3 rings (SSSR count). The van der Waals surface area contributed by atoms with Crippen molar-refractivity contribution in [1.29, 1.82) is 0 Å². The summed E-state index contributed by atoms with van der Waals surface area (Å²) in [6.07, 6.45) is 4.04. The molecular formula is C26H32FN5O2. The van der Waals surface area contributed by atoms with Crippen LogP contribution in [-0.4, -0.2) is 61.9 Å². The van der Waals surface area contributed by atoms with Gasteiger partial charge in [-0.3, -0.25) is 4.79 Å². The molecule has 3 aromatic rings. The second-order valence-corrected chi connectivity index (χ2v) is 8.24. The van der Waals surface area contributed by atoms with Crippen molar-refractivity contribution in [2.24, 2.45) is 0 Å². The van der Waals surface area contributed by atoms with Crippen molar-refractivity contribution in [3.05, 3.63) is 83.6 Å². The second kappa shape index (κ2) is 12.8. The fraction of sp³-hybridized carbons (Fsp3) is 0.346. The summed E-state index contributed by atoms with van der Waals surface area (Å²) < 4.78 is 20.5. The summed E-state index contributed by atoms with van der Waals surface area (Å²) in [5.74, 6) is 1.08. The van der Waals surface area contributed by atoms with Gasteiger partial charge in [0, 0.05) is 44.9 Å². The van der Waals surface area contributed by atoms with E-state index in [1.165, 1.54) is 18.6 Å². The van der Waals surface area contributed by atoms with Crippen LogP contribution in [0.2, 0.25) is 0 Å². The first-order valence-corrected chi connectivity index (χ1v) is 11.3. The molecule has 0 fully saturated rings. The van der Waals surface area contributed by atoms with Gasteiger partial charge < -0.3 is 19.9 Å². The number of hydrogen-bond donors (Lipinski definition) is 1. The van der Waals surface area contributed by atoms with Gasteiger partial charge in [0.15, 0.2) is 6.29 Å². The van der Waals surface area contributed by atoms with Gasteiger partial charge in [0.25, 0.3) is 0 Å². The van der Waals surface area contributed by atoms with Crippen LogP contribution < -0.4 is 15.0 Å². The molecule has 0 saturated heterocycles. The zero-order valence-electron chi connectivity index (χ0n) is 19.9. The standard InChI is InChI=1S/C26H32FN5O2/c1-28-13-12-25(23-6-4-5-7-24(23)27)34-22-10-8-20(9-11-22)17-31(2)14-15-32(3)26-21(18-33)16-29-19-30-26/h4-11,16,18-19,25,28H,12-15,17H2,1-3H3. The molecule has 0 bridgehead atoms. The molecule has 7 nitrogen and oxygen atoms in total. The van der Waals surface area contributed by atoms with Crippen molar-refractivity contribution in [3.8, 4) is 5.75 Å². The second-order valence-electron chi connectivity index (χ2n) is 8.24. The fourth-order valence-corrected chi connectivity index (χ4v) is 3.68. The highest BCUT2D eigenvalue weighted by molar-refractivity contribution is 5.82. The van der Waals surface area contributed by atoms with Crippen LogP contribution in [0.15, 0.2) is 61.1 Å². The Hall–Kier alpha value is -3.36. The third kappa shape index (κ3) is 7.07. The zero-order valence-corrected chi connectivity index (χ0v) is 19.9. The number of aromatic nitrogens is 2. The van der Waals surface area contributed by atoms with Gasteiger partial charge in [-0.1, -0.05) is 30.3 Å². The highest BCUT2D eigenvalue weighted by Crippen LogP contribution is 2.27. The van der Waals surface area contributed by atoms with Gasteiger partial charge in [0.1, 0.15) is 29.8 Å². The Labute approximate surface area is 200 Å². The molecule has 8 heteroatoms. The Morgan fingerprint density at radius 2 is 1.88 bits per heavy atom. The smallest absolute Gasteiger partial charge is 0.155 e. The van der Waals surface area contributed by atoms with Gasteiger partial charge >= 0.3 is 0 Å². The van der Waals surface area contributed by atoms with Crippen molar-refractivity contribution < 1.29 is 13.9 Å². The minimum absolute atomic E-state index is 0.256. The minimum atomic E-state index is -0.365. The number of carbonyl (C=O) groups excluding carboxylic acids is 1. The first-order chi connectivity index (χ1) is 16.5. The Morgan fingerprint density at radius 3 is 2.59 bits per heavy atom. The van der Waals surface area contributed by atoms with Crippen LogP contribution >= 0.6 is 0 Å². The minimum Gasteiger partial charge on any atom is -0.486 e. The van der Waals surface area contributed by atoms with Crippen LogP contribution in [0.1, 0.15) is 34.0 Å². The molecule has 1 unspecified atom stereocenters. The average molecular weight is 466 g/mol. The third-order valence-corrected chi connectivity index (χ3v) is 5.59. The van der Waals surface area contributed by atoms with Gasteiger partial charge in [-0.15, -0.1) is 0 Å². The molecule has 0 amide bonds. The maximum atomic E-state index is 14.3. The zero-order chi connectivity index (χ0) is 24.3. The van der Waals surface area contributed by atoms with Crippen LogP contribution in [0, 0.1) is 5.82 Å². The van der Waals surface area contributed by atoms with E-state index < -0.39 is 0 Å². The maximum Gasteiger partial charge on any atom is 0.155 e. The van der Waals surface area contributed by atoms with Crippen molar-refractivity contribution >= 4 is 12.1 Å². The number of ether oxygens (including phenoxy) is 1. The van der Waals surface area contributed by atoms with E-state index in [1.54, 1.807) is 12.1 Å². The van der Waals surface area contributed by atoms with Gasteiger partial charge in [-0.05, 0) is 44.4 Å². The highest BCUT2D eigenvalue weighted by Gasteiger charge is 2.17. The summed E-state index contributed by atoms with van der Waals surface area (Å²) in [5.41, 5.74) is 2.18. The van der Waals surface area contributed by atoms with Gasteiger partial charge in [0.2, 0.25) is 0 Å². The van der Waals surface area contributed by atoms with E-state index in [0.717, 1.165) is 31.5 Å². The van der Waals surface area contributed by atoms with Crippen LogP contribution in [-0.2, 0) is 6.54 Å². The number of benzene rings is 2. The number of aldehydes is 1. The SMILES string of the molecule is CNCCC(Oc1ccc(CN(C)CCN(C)c2ncncc2C=O)cc1)c1ccccc1F. The number of nitrogens with zero attached hydrogens (tertiary/aromatic N) is 4. The normalized spacial score (nSPS) is 11.9. The predicted molar refractivity (Wildman–Crippen MR) is 132 cm³/mol. The number of halogens is 1. The van der Waals surface area contributed by atoms with E-state index in [2.05, 4.69) is 20.2 Å². The average Bonchev–Trinajstić information content (AvgIpc) is 2.86. The van der Waals surface area contributed by atoms with Crippen LogP contribution in [0.25, 0.3) is 0 Å². The lowest BCUT2D eigenvalue weighted by Gasteiger charge is -2.24. The van der Waals surface area contributed by atoms with E-state index in [1.807, 2.05) is 56.4 Å². The first-order valence-electron chi connectivity index (χ1n) is 11.3. The number of likely N-dealkylation sites (N-methyl/N-ethyl adjacent to an activating group) is 2. The molecule has 180 valence electrons. The molecule has 2 aromatic carbocycles. The summed E-state index contributed by atoms with van der Waals surface area (Å²) >= 11 is 0. The molecular weight excluding hydrogens is 433 g/mol. The number of hydrogen-bond acceptors (Lipinski definition) is 7. The van der Waals surface area contributed by atoms with E-state index in [4.69, 9.17) is 4.74 Å². The Bertz CT molecular complexity index is 1050. The summed E-state index contributed by atoms with van der Waals surface area (Å²) in [6.45, 7) is 2.98. The first kappa shape index (κ1) is 25.3. The van der Waals surface area contributed by atoms with Crippen LogP contribution in [0.5, 0.6) is 5.75 Å². The number of rotatable bonds is 13. The number of anilines is 1. The van der Waals surface area contributed by atoms with Crippen LogP contribution in [0.4, 0.5) is 10.2 Å². The number of carbonyl (C=O) groups is 1. The van der Waals surface area contributed by atoms with Gasteiger partial charge in [-0.25, -0.2) is 14.4 Å². The van der Waals surface area contributed by atoms with Crippen molar-refractivity contribution in [2.45, 2.75) is 19.1 Å². The maximum absolute atomic E-state index is 14.3. The molecule has 0 aliphatic heterocycles. The molecule has 0 saturated carbocycles. The topological polar surface area (TPSA) is 70.6 Å². The Balaban J connectivity index is 1.56. The molecule has 1 aromatic heterocycles. The molecule has 0 aliphatic carbocycles. The monoisotopic (exact) mass is 465 g/mol. The van der Waals surface area contributed by atoms with Crippen molar-refractivity contribution in [2.75, 3.05) is 45.7 Å². The molecule has 0 aliphatic rings. The van der Waals surface area contributed by atoms with Crippen LogP contribution in [0.3, 0.4) is 0 Å². The molecule has 1 N–H and O–H groups in total. The molecule has 1 heterocycles. The fourth-order valence-electron chi connectivity index (χ4n) is 3.68. The summed E-state index contributed by atoms with van der Waals surface area (Å²) in [6, 6.07) is 14.7. The lowest BCUT2D eigenvalue weighted by Crippen LogP contribution is -2.31. The molecule has 34 heavy (non-hydrogen) atoms. The summed E-state index contributed by atoms with van der Waals surface area (Å²) in [7, 11) is 5.83. The van der Waals surface area contributed by atoms with E-state index in [-0.39, 0.29) is 11.9 Å². The lowest BCUT2D eigenvalue weighted by molar-refractivity contribution is 0.112. The largest absolute Gasteiger partial charge is 0.486 e. The van der Waals surface area contributed by atoms with Crippen molar-refractivity contribution in [3.63, 3.8) is 0 Å². The van der Waals surface area contributed by atoms with E-state index >= 15 is 0 Å². The lowest BCUT2D eigenvalue weighted by atomic mass is 10.1. The number of nitrogens with one attached hydrogen (secondary N) is 1. The van der Waals surface area contributed by atoms with Gasteiger partial charge in [-0.2, -0.15) is 0 Å². The van der Waals surface area contributed by atoms with E-state index in [9.17, 15) is 9.18 Å². The Kier molecular flexibility index (Phi) is 9.49. The van der Waals surface area contributed by atoms with Crippen molar-refractivity contribution in [1.82, 2.24) is 20.2 Å². The highest BCUT2D eigenvalue weighted by atomic mass is 19.1. The predicted octanol–water partition coefficient (Wildman–Crippen LogP) is 3.73. The van der Waals surface area contributed by atoms with Gasteiger partial charge in [0.05, 0.1) is 5.56 Å². The summed E-state index contributed by atoms with van der Waals surface area (Å²) in [5, 5.41) is 3.10. The summed E-state index contributed by atoms with van der Waals surface area (Å²) in [4.78, 5) is 23.5. The third-order valence-electron chi connectivity index (χ3n) is 5.59. The quantitative estimate of drug-likeness (QED) is 0.386. The molecule has 0 radical (unpaired) electrons. The van der Waals surface area contributed by atoms with E-state index in [0.29, 0.717) is 35.7 Å². The molecule has 0 spiro atoms. The molecule has 1 atom stereocenters. The Morgan fingerprint density at radius 1 is 1.12 bits per heavy atom.